The molecule has 1 aromatic heterocycles. The lowest BCUT2D eigenvalue weighted by Crippen LogP contribution is -3.28. The number of ether oxygens (including phenoxy) is 1. The van der Waals surface area contributed by atoms with Crippen molar-refractivity contribution in [2.24, 2.45) is 0 Å². The summed E-state index contributed by atoms with van der Waals surface area (Å²) in [5.41, 5.74) is 4.76. The molecule has 3 N–H and O–H groups in total. The Morgan fingerprint density at radius 1 is 1.13 bits per heavy atom. The summed E-state index contributed by atoms with van der Waals surface area (Å²) in [6, 6.07) is 8.46. The molecule has 164 valence electrons. The highest BCUT2D eigenvalue weighted by Gasteiger charge is 2.25. The summed E-state index contributed by atoms with van der Waals surface area (Å²) in [7, 11) is 1.74. The van der Waals surface area contributed by atoms with Gasteiger partial charge in [0.2, 0.25) is 0 Å². The van der Waals surface area contributed by atoms with E-state index in [4.69, 9.17) is 4.74 Å². The van der Waals surface area contributed by atoms with Gasteiger partial charge in [-0.15, -0.1) is 0 Å². The molecule has 1 saturated heterocycles. The Kier molecular flexibility index (Phi) is 7.87. The van der Waals surface area contributed by atoms with E-state index in [0.29, 0.717) is 13.1 Å². The Hall–Kier alpha value is -2.38. The average molecular weight is 416 g/mol. The van der Waals surface area contributed by atoms with Crippen molar-refractivity contribution in [1.82, 2.24) is 15.1 Å². The quantitative estimate of drug-likeness (QED) is 0.475. The fraction of sp³-hybridized carbons (Fsp3) is 0.565. The van der Waals surface area contributed by atoms with Crippen LogP contribution in [0.3, 0.4) is 0 Å². The van der Waals surface area contributed by atoms with Crippen LogP contribution in [0.5, 0.6) is 5.75 Å². The monoisotopic (exact) mass is 415 g/mol. The van der Waals surface area contributed by atoms with Crippen molar-refractivity contribution < 1.29 is 19.3 Å². The lowest BCUT2D eigenvalue weighted by molar-refractivity contribution is -1.02. The Morgan fingerprint density at radius 3 is 2.53 bits per heavy atom. The summed E-state index contributed by atoms with van der Waals surface area (Å²) < 4.78 is 7.53. The van der Waals surface area contributed by atoms with E-state index in [0.717, 1.165) is 57.1 Å². The zero-order chi connectivity index (χ0) is 21.5. The first-order valence-corrected chi connectivity index (χ1v) is 11.0. The van der Waals surface area contributed by atoms with Crippen molar-refractivity contribution in [1.29, 1.82) is 0 Å². The van der Waals surface area contributed by atoms with Crippen LogP contribution in [-0.2, 0) is 17.9 Å². The Morgan fingerprint density at radius 2 is 1.87 bits per heavy atom. The van der Waals surface area contributed by atoms with Gasteiger partial charge in [0.05, 0.1) is 12.8 Å². The van der Waals surface area contributed by atoms with E-state index in [-0.39, 0.29) is 5.91 Å². The molecule has 7 nitrogen and oxygen atoms in total. The third-order valence-electron chi connectivity index (χ3n) is 5.92. The van der Waals surface area contributed by atoms with Crippen molar-refractivity contribution in [2.45, 2.75) is 40.3 Å². The maximum atomic E-state index is 12.3. The number of piperazine rings is 1. The minimum absolute atomic E-state index is 0.155. The molecule has 1 aliphatic heterocycles. The van der Waals surface area contributed by atoms with Crippen LogP contribution in [0.1, 0.15) is 28.9 Å². The molecule has 2 heterocycles. The second kappa shape index (κ2) is 10.6. The van der Waals surface area contributed by atoms with Crippen LogP contribution in [0.25, 0.3) is 0 Å². The van der Waals surface area contributed by atoms with Crippen LogP contribution in [0.15, 0.2) is 24.3 Å². The Labute approximate surface area is 180 Å². The number of hydrogen-bond donors (Lipinski definition) is 3. The minimum Gasteiger partial charge on any atom is -0.496 e. The number of nitrogens with one attached hydrogen (secondary N) is 3. The smallest absolute Gasteiger partial charge is 0.275 e. The summed E-state index contributed by atoms with van der Waals surface area (Å²) in [5, 5.41) is 7.54. The number of aromatic nitrogens is 2. The summed E-state index contributed by atoms with van der Waals surface area (Å²) in [6.07, 6.45) is 0.902. The van der Waals surface area contributed by atoms with E-state index in [9.17, 15) is 4.79 Å². The molecule has 2 aromatic rings. The van der Waals surface area contributed by atoms with Crippen molar-refractivity contribution >= 4 is 5.91 Å². The molecule has 1 aromatic carbocycles. The zero-order valence-corrected chi connectivity index (χ0v) is 18.9. The molecule has 1 aliphatic rings. The highest BCUT2D eigenvalue weighted by molar-refractivity contribution is 5.76. The van der Waals surface area contributed by atoms with E-state index in [1.54, 1.807) is 12.0 Å². The number of carbonyl (C=O) groups is 1. The number of quaternary nitrogens is 2. The summed E-state index contributed by atoms with van der Waals surface area (Å²) >= 11 is 0. The first kappa shape index (κ1) is 22.3. The zero-order valence-electron chi connectivity index (χ0n) is 18.9. The van der Waals surface area contributed by atoms with E-state index >= 15 is 0 Å². The number of methoxy groups -OCH3 is 1. The lowest BCUT2D eigenvalue weighted by atomic mass is 10.1. The molecule has 0 spiro atoms. The molecule has 0 atom stereocenters. The van der Waals surface area contributed by atoms with Crippen molar-refractivity contribution in [3.8, 4) is 5.75 Å². The highest BCUT2D eigenvalue weighted by atomic mass is 16.5. The van der Waals surface area contributed by atoms with Crippen LogP contribution in [0.4, 0.5) is 0 Å². The summed E-state index contributed by atoms with van der Waals surface area (Å²) in [4.78, 5) is 15.3. The number of carbonyl (C=O) groups excluding carboxylic acids is 1. The van der Waals surface area contributed by atoms with Gasteiger partial charge in [-0.05, 0) is 45.4 Å². The van der Waals surface area contributed by atoms with Crippen LogP contribution < -0.4 is 19.9 Å². The number of rotatable bonds is 9. The van der Waals surface area contributed by atoms with Gasteiger partial charge < -0.3 is 19.9 Å². The van der Waals surface area contributed by atoms with Crippen molar-refractivity contribution in [3.63, 3.8) is 0 Å². The third kappa shape index (κ3) is 6.31. The van der Waals surface area contributed by atoms with E-state index in [1.807, 2.05) is 11.6 Å². The molecule has 1 fully saturated rings. The van der Waals surface area contributed by atoms with Crippen LogP contribution in [0, 0.1) is 20.8 Å². The molecule has 0 bridgehead atoms. The van der Waals surface area contributed by atoms with Gasteiger partial charge in [0.1, 0.15) is 38.5 Å². The van der Waals surface area contributed by atoms with Crippen LogP contribution in [0.2, 0.25) is 0 Å². The van der Waals surface area contributed by atoms with Gasteiger partial charge in [0.15, 0.2) is 6.54 Å². The molecule has 1 amide bonds. The summed E-state index contributed by atoms with van der Waals surface area (Å²) in [5.74, 6) is 1.13. The minimum atomic E-state index is 0.155. The molecular weight excluding hydrogens is 378 g/mol. The van der Waals surface area contributed by atoms with E-state index in [1.165, 1.54) is 21.7 Å². The molecule has 0 unspecified atom stereocenters. The lowest BCUT2D eigenvalue weighted by Gasteiger charge is -2.29. The third-order valence-corrected chi connectivity index (χ3v) is 5.92. The largest absolute Gasteiger partial charge is 0.496 e. The number of aryl methyl sites for hydroxylation is 4. The van der Waals surface area contributed by atoms with Gasteiger partial charge >= 0.3 is 0 Å². The van der Waals surface area contributed by atoms with Gasteiger partial charge in [-0.1, -0.05) is 11.6 Å². The molecule has 0 radical (unpaired) electrons. The molecule has 7 heteroatoms. The Bertz CT molecular complexity index is 840. The normalized spacial score (nSPS) is 18.9. The second-order valence-corrected chi connectivity index (χ2v) is 8.52. The van der Waals surface area contributed by atoms with Crippen LogP contribution in [-0.4, -0.2) is 62.1 Å². The average Bonchev–Trinajstić information content (AvgIpc) is 3.04. The van der Waals surface area contributed by atoms with Crippen molar-refractivity contribution in [3.05, 3.63) is 46.8 Å². The number of amides is 1. The van der Waals surface area contributed by atoms with Crippen LogP contribution >= 0.6 is 0 Å². The molecule has 3 rings (SSSR count). The maximum Gasteiger partial charge on any atom is 0.275 e. The molecular formula is C23H37N5O2+2. The molecule has 0 saturated carbocycles. The number of nitrogens with zero attached hydrogens (tertiary/aromatic N) is 2. The van der Waals surface area contributed by atoms with E-state index < -0.39 is 0 Å². The molecule has 30 heavy (non-hydrogen) atoms. The summed E-state index contributed by atoms with van der Waals surface area (Å²) in [6.45, 7) is 13.5. The van der Waals surface area contributed by atoms with Gasteiger partial charge in [-0.2, -0.15) is 5.10 Å². The Balaban J connectivity index is 1.34. The number of benzene rings is 1. The predicted molar refractivity (Wildman–Crippen MR) is 117 cm³/mol. The molecule has 0 aliphatic carbocycles. The van der Waals surface area contributed by atoms with E-state index in [2.05, 4.69) is 48.5 Å². The van der Waals surface area contributed by atoms with Gasteiger partial charge in [-0.25, -0.2) is 0 Å². The van der Waals surface area contributed by atoms with Gasteiger partial charge in [-0.3, -0.25) is 9.48 Å². The standard InChI is InChI=1S/C23H35N5O2/c1-18-6-7-22(30-4)21(14-18)16-26-10-12-27(13-11-26)17-23(29)24-8-5-9-28-20(3)15-19(2)25-28/h6-7,14-15H,5,8-13,16-17H2,1-4H3,(H,24,29)/p+2. The predicted octanol–water partition coefficient (Wildman–Crippen LogP) is -0.693. The fourth-order valence-electron chi connectivity index (χ4n) is 4.27. The second-order valence-electron chi connectivity index (χ2n) is 8.52. The van der Waals surface area contributed by atoms with Gasteiger partial charge in [0.25, 0.3) is 5.91 Å². The highest BCUT2D eigenvalue weighted by Crippen LogP contribution is 2.18. The maximum absolute atomic E-state index is 12.3. The van der Waals surface area contributed by atoms with Gasteiger partial charge in [0, 0.05) is 24.3 Å². The first-order valence-electron chi connectivity index (χ1n) is 11.0. The first-order chi connectivity index (χ1) is 14.4. The fourth-order valence-corrected chi connectivity index (χ4v) is 4.27. The SMILES string of the molecule is COc1ccc(C)cc1C[NH+]1CC[NH+](CC(=O)NCCCn2nc(C)cc2C)CC1. The van der Waals surface area contributed by atoms with Crippen molar-refractivity contribution in [2.75, 3.05) is 46.4 Å². The topological polar surface area (TPSA) is 65.0 Å². The number of hydrogen-bond acceptors (Lipinski definition) is 3.